The second-order valence-electron chi connectivity index (χ2n) is 7.09. The van der Waals surface area contributed by atoms with Crippen molar-refractivity contribution in [3.8, 4) is 17.0 Å². The van der Waals surface area contributed by atoms with E-state index in [-0.39, 0.29) is 12.5 Å². The normalized spacial score (nSPS) is 13.5. The summed E-state index contributed by atoms with van der Waals surface area (Å²) in [6, 6.07) is 23.6. The summed E-state index contributed by atoms with van der Waals surface area (Å²) in [4.78, 5) is 17.4. The summed E-state index contributed by atoms with van der Waals surface area (Å²) in [5.74, 6) is 0.524. The van der Waals surface area contributed by atoms with E-state index < -0.39 is 0 Å². The zero-order valence-electron chi connectivity index (χ0n) is 16.4. The van der Waals surface area contributed by atoms with Crippen molar-refractivity contribution in [3.63, 3.8) is 0 Å². The summed E-state index contributed by atoms with van der Waals surface area (Å²) in [6.07, 6.45) is 0. The number of rotatable bonds is 4. The van der Waals surface area contributed by atoms with Crippen molar-refractivity contribution in [2.75, 3.05) is 11.9 Å². The highest BCUT2D eigenvalue weighted by molar-refractivity contribution is 7.07. The number of carbonyl (C=O) groups is 1. The predicted molar refractivity (Wildman–Crippen MR) is 124 cm³/mol. The molecule has 1 aromatic heterocycles. The molecule has 0 aliphatic carbocycles. The largest absolute Gasteiger partial charge is 0.482 e. The average Bonchev–Trinajstić information content (AvgIpc) is 3.17. The molecule has 0 bridgehead atoms. The Morgan fingerprint density at radius 3 is 2.71 bits per heavy atom. The van der Waals surface area contributed by atoms with Crippen molar-refractivity contribution in [3.05, 3.63) is 93.6 Å². The van der Waals surface area contributed by atoms with E-state index in [4.69, 9.17) is 21.3 Å². The number of nitrogens with zero attached hydrogens (tertiary/aromatic N) is 2. The number of hydrogen-bond acceptors (Lipinski definition) is 4. The van der Waals surface area contributed by atoms with Gasteiger partial charge in [-0.25, -0.2) is 4.99 Å². The highest BCUT2D eigenvalue weighted by Crippen LogP contribution is 2.33. The van der Waals surface area contributed by atoms with Crippen LogP contribution in [0.3, 0.4) is 0 Å². The molecule has 5 rings (SSSR count). The summed E-state index contributed by atoms with van der Waals surface area (Å²) in [5.41, 5.74) is 4.54. The van der Waals surface area contributed by atoms with Crippen LogP contribution >= 0.6 is 22.9 Å². The molecule has 154 valence electrons. The lowest BCUT2D eigenvalue weighted by Gasteiger charge is -2.19. The van der Waals surface area contributed by atoms with E-state index in [0.29, 0.717) is 23.0 Å². The Labute approximate surface area is 188 Å². The average molecular weight is 448 g/mol. The number of fused-ring (bicyclic) bond motifs is 1. The molecule has 0 spiro atoms. The second-order valence-corrected chi connectivity index (χ2v) is 8.33. The van der Waals surface area contributed by atoms with E-state index >= 15 is 0 Å². The molecule has 2 heterocycles. The van der Waals surface area contributed by atoms with Gasteiger partial charge in [0.2, 0.25) is 0 Å². The van der Waals surface area contributed by atoms with Gasteiger partial charge in [-0.15, -0.1) is 11.3 Å². The zero-order chi connectivity index (χ0) is 21.2. The van der Waals surface area contributed by atoms with Gasteiger partial charge in [0.25, 0.3) is 5.91 Å². The number of benzene rings is 3. The summed E-state index contributed by atoms with van der Waals surface area (Å²) in [6.45, 7) is 0.697. The van der Waals surface area contributed by atoms with Crippen molar-refractivity contribution in [1.82, 2.24) is 4.57 Å². The van der Waals surface area contributed by atoms with E-state index in [1.807, 2.05) is 60.7 Å². The number of para-hydroxylation sites is 1. The Balaban J connectivity index is 1.64. The molecule has 7 heteroatoms. The van der Waals surface area contributed by atoms with Crippen LogP contribution in [0.15, 0.2) is 83.2 Å². The van der Waals surface area contributed by atoms with Gasteiger partial charge >= 0.3 is 0 Å². The zero-order valence-corrected chi connectivity index (χ0v) is 18.0. The molecule has 0 fully saturated rings. The van der Waals surface area contributed by atoms with Gasteiger partial charge in [-0.1, -0.05) is 54.1 Å². The molecule has 1 N–H and O–H groups in total. The Bertz CT molecular complexity index is 1330. The van der Waals surface area contributed by atoms with Crippen LogP contribution in [0.1, 0.15) is 5.56 Å². The lowest BCUT2D eigenvalue weighted by molar-refractivity contribution is -0.118. The van der Waals surface area contributed by atoms with E-state index in [9.17, 15) is 4.79 Å². The molecule has 0 saturated heterocycles. The number of anilines is 1. The molecule has 0 radical (unpaired) electrons. The number of hydrogen-bond donors (Lipinski definition) is 1. The molecule has 3 aromatic carbocycles. The van der Waals surface area contributed by atoms with Crippen molar-refractivity contribution in [2.45, 2.75) is 6.54 Å². The Morgan fingerprint density at radius 1 is 1.06 bits per heavy atom. The Kier molecular flexibility index (Phi) is 5.32. The molecule has 0 unspecified atom stereocenters. The third kappa shape index (κ3) is 4.13. The fourth-order valence-corrected chi connectivity index (χ4v) is 4.56. The fourth-order valence-electron chi connectivity index (χ4n) is 3.46. The predicted octanol–water partition coefficient (Wildman–Crippen LogP) is 5.48. The molecule has 31 heavy (non-hydrogen) atoms. The topological polar surface area (TPSA) is 55.6 Å². The van der Waals surface area contributed by atoms with E-state index in [0.717, 1.165) is 27.3 Å². The van der Waals surface area contributed by atoms with Gasteiger partial charge in [-0.05, 0) is 35.9 Å². The van der Waals surface area contributed by atoms with Crippen LogP contribution in [-0.4, -0.2) is 17.1 Å². The molecular formula is C24H18ClN3O2S. The SMILES string of the molecule is O=C1COc2ccc(-c3csc(=Nc4ccccc4Cl)n3Cc3ccccc3)cc2N1. The summed E-state index contributed by atoms with van der Waals surface area (Å²) < 4.78 is 7.66. The molecule has 1 amide bonds. The van der Waals surface area contributed by atoms with Gasteiger partial charge in [-0.2, -0.15) is 0 Å². The summed E-state index contributed by atoms with van der Waals surface area (Å²) in [7, 11) is 0. The van der Waals surface area contributed by atoms with Gasteiger partial charge < -0.3 is 14.6 Å². The van der Waals surface area contributed by atoms with Crippen molar-refractivity contribution in [1.29, 1.82) is 0 Å². The van der Waals surface area contributed by atoms with Crippen LogP contribution in [0.2, 0.25) is 5.02 Å². The maximum atomic E-state index is 11.8. The molecular weight excluding hydrogens is 430 g/mol. The monoisotopic (exact) mass is 447 g/mol. The van der Waals surface area contributed by atoms with Crippen molar-refractivity contribution < 1.29 is 9.53 Å². The highest BCUT2D eigenvalue weighted by Gasteiger charge is 2.18. The first-order valence-corrected chi connectivity index (χ1v) is 11.0. The maximum absolute atomic E-state index is 11.8. The second kappa shape index (κ2) is 8.41. The molecule has 5 nitrogen and oxygen atoms in total. The minimum Gasteiger partial charge on any atom is -0.482 e. The number of thiazole rings is 1. The van der Waals surface area contributed by atoms with Gasteiger partial charge in [0, 0.05) is 10.9 Å². The van der Waals surface area contributed by atoms with E-state index in [1.165, 1.54) is 0 Å². The molecule has 4 aromatic rings. The minimum atomic E-state index is -0.151. The third-order valence-corrected chi connectivity index (χ3v) is 6.14. The number of aromatic nitrogens is 1. The van der Waals surface area contributed by atoms with Crippen LogP contribution in [0.25, 0.3) is 11.3 Å². The maximum Gasteiger partial charge on any atom is 0.262 e. The first-order chi connectivity index (χ1) is 15.2. The summed E-state index contributed by atoms with van der Waals surface area (Å²) >= 11 is 7.90. The number of nitrogens with one attached hydrogen (secondary N) is 1. The number of halogens is 1. The van der Waals surface area contributed by atoms with Crippen LogP contribution in [-0.2, 0) is 11.3 Å². The fraction of sp³-hybridized carbons (Fsp3) is 0.0833. The van der Waals surface area contributed by atoms with E-state index in [1.54, 1.807) is 11.3 Å². The Hall–Kier alpha value is -3.35. The van der Waals surface area contributed by atoms with Crippen molar-refractivity contribution in [2.24, 2.45) is 4.99 Å². The first kappa shape index (κ1) is 19.6. The van der Waals surface area contributed by atoms with Crippen LogP contribution in [0.5, 0.6) is 5.75 Å². The van der Waals surface area contributed by atoms with Gasteiger partial charge in [0.15, 0.2) is 11.4 Å². The van der Waals surface area contributed by atoms with Gasteiger partial charge in [-0.3, -0.25) is 4.79 Å². The van der Waals surface area contributed by atoms with E-state index in [2.05, 4.69) is 27.4 Å². The van der Waals surface area contributed by atoms with Crippen LogP contribution in [0, 0.1) is 0 Å². The third-order valence-electron chi connectivity index (χ3n) is 4.96. The Morgan fingerprint density at radius 2 is 1.87 bits per heavy atom. The number of amides is 1. The lowest BCUT2D eigenvalue weighted by atomic mass is 10.1. The van der Waals surface area contributed by atoms with Crippen LogP contribution < -0.4 is 14.9 Å². The molecule has 0 saturated carbocycles. The number of carbonyl (C=O) groups excluding carboxylic acids is 1. The molecule has 1 aliphatic heterocycles. The van der Waals surface area contributed by atoms with Crippen molar-refractivity contribution >= 4 is 40.2 Å². The minimum absolute atomic E-state index is 0.0413. The lowest BCUT2D eigenvalue weighted by Crippen LogP contribution is -2.25. The molecule has 0 atom stereocenters. The quantitative estimate of drug-likeness (QED) is 0.450. The first-order valence-electron chi connectivity index (χ1n) is 9.76. The van der Waals surface area contributed by atoms with Crippen LogP contribution in [0.4, 0.5) is 11.4 Å². The smallest absolute Gasteiger partial charge is 0.262 e. The molecule has 1 aliphatic rings. The number of ether oxygens (including phenoxy) is 1. The summed E-state index contributed by atoms with van der Waals surface area (Å²) in [5, 5.41) is 5.57. The standard InChI is InChI=1S/C24H18ClN3O2S/c25-18-8-4-5-9-19(18)27-24-28(13-16-6-2-1-3-7-16)21(15-31-24)17-10-11-22-20(12-17)26-23(29)14-30-22/h1-12,15H,13-14H2,(H,26,29). The van der Waals surface area contributed by atoms with Gasteiger partial charge in [0.1, 0.15) is 5.75 Å². The highest BCUT2D eigenvalue weighted by atomic mass is 35.5. The van der Waals surface area contributed by atoms with Gasteiger partial charge in [0.05, 0.1) is 28.6 Å².